The van der Waals surface area contributed by atoms with Crippen LogP contribution in [0.2, 0.25) is 5.02 Å². The first-order valence-electron chi connectivity index (χ1n) is 7.27. The van der Waals surface area contributed by atoms with Gasteiger partial charge >= 0.3 is 0 Å². The average Bonchev–Trinajstić information content (AvgIpc) is 2.48. The van der Waals surface area contributed by atoms with Gasteiger partial charge in [-0.3, -0.25) is 4.79 Å². The van der Waals surface area contributed by atoms with Gasteiger partial charge in [-0.05, 0) is 61.7 Å². The second-order valence-corrected chi connectivity index (χ2v) is 5.81. The molecule has 0 aliphatic carbocycles. The van der Waals surface area contributed by atoms with E-state index < -0.39 is 6.10 Å². The van der Waals surface area contributed by atoms with Crippen molar-refractivity contribution < 1.29 is 9.53 Å². The largest absolute Gasteiger partial charge is 0.481 e. The highest BCUT2D eigenvalue weighted by Gasteiger charge is 2.14. The van der Waals surface area contributed by atoms with Gasteiger partial charge in [0.25, 0.3) is 5.91 Å². The van der Waals surface area contributed by atoms with Crippen LogP contribution in [0, 0.1) is 13.8 Å². The molecule has 0 saturated carbocycles. The van der Waals surface area contributed by atoms with E-state index >= 15 is 0 Å². The Morgan fingerprint density at radius 2 is 1.78 bits per heavy atom. The van der Waals surface area contributed by atoms with Crippen LogP contribution in [-0.4, -0.2) is 18.2 Å². The van der Waals surface area contributed by atoms with E-state index in [0.717, 1.165) is 16.7 Å². The maximum Gasteiger partial charge on any atom is 0.280 e. The maximum atomic E-state index is 12.0. The van der Waals surface area contributed by atoms with Crippen molar-refractivity contribution in [3.63, 3.8) is 0 Å². The average molecular weight is 331 g/mol. The zero-order valence-corrected chi connectivity index (χ0v) is 14.1. The first-order valence-corrected chi connectivity index (χ1v) is 7.65. The minimum atomic E-state index is -0.640. The molecule has 1 amide bonds. The number of hydrogen-bond donors (Lipinski definition) is 1. The Balaban J connectivity index is 1.90. The highest BCUT2D eigenvalue weighted by Crippen LogP contribution is 2.17. The van der Waals surface area contributed by atoms with E-state index in [0.29, 0.717) is 10.8 Å². The van der Waals surface area contributed by atoms with Crippen molar-refractivity contribution in [2.75, 3.05) is 0 Å². The molecule has 0 spiro atoms. The van der Waals surface area contributed by atoms with E-state index in [9.17, 15) is 4.79 Å². The number of benzene rings is 2. The lowest BCUT2D eigenvalue weighted by Crippen LogP contribution is -2.33. The third-order valence-corrected chi connectivity index (χ3v) is 3.39. The molecule has 2 rings (SSSR count). The molecule has 0 unspecified atom stereocenters. The van der Waals surface area contributed by atoms with E-state index in [1.165, 1.54) is 0 Å². The van der Waals surface area contributed by atoms with Crippen LogP contribution in [0.3, 0.4) is 0 Å². The quantitative estimate of drug-likeness (QED) is 0.668. The molecule has 0 aliphatic heterocycles. The third-order valence-electron chi connectivity index (χ3n) is 3.14. The second kappa shape index (κ2) is 7.79. The highest BCUT2D eigenvalue weighted by atomic mass is 35.5. The number of ether oxygens (including phenoxy) is 1. The van der Waals surface area contributed by atoms with Crippen molar-refractivity contribution in [2.45, 2.75) is 26.9 Å². The lowest BCUT2D eigenvalue weighted by molar-refractivity contribution is -0.127. The molecule has 23 heavy (non-hydrogen) atoms. The van der Waals surface area contributed by atoms with Gasteiger partial charge in [0.2, 0.25) is 0 Å². The Labute approximate surface area is 141 Å². The Morgan fingerprint density at radius 1 is 1.17 bits per heavy atom. The van der Waals surface area contributed by atoms with Crippen LogP contribution in [0.5, 0.6) is 5.75 Å². The number of rotatable bonds is 5. The Bertz CT molecular complexity index is 691. The van der Waals surface area contributed by atoms with Crippen LogP contribution in [-0.2, 0) is 4.79 Å². The maximum absolute atomic E-state index is 12.0. The summed E-state index contributed by atoms with van der Waals surface area (Å²) in [5.74, 6) is 0.362. The summed E-state index contributed by atoms with van der Waals surface area (Å²) in [6, 6.07) is 13.0. The Kier molecular flexibility index (Phi) is 5.77. The number of aryl methyl sites for hydroxylation is 2. The first-order chi connectivity index (χ1) is 10.9. The zero-order valence-electron chi connectivity index (χ0n) is 13.3. The van der Waals surface area contributed by atoms with Crippen LogP contribution in [0.4, 0.5) is 0 Å². The summed E-state index contributed by atoms with van der Waals surface area (Å²) in [6.07, 6.45) is 0.913. The molecule has 0 bridgehead atoms. The third kappa shape index (κ3) is 5.42. The summed E-state index contributed by atoms with van der Waals surface area (Å²) >= 11 is 5.81. The lowest BCUT2D eigenvalue weighted by Gasteiger charge is -2.14. The summed E-state index contributed by atoms with van der Waals surface area (Å²) < 4.78 is 5.65. The van der Waals surface area contributed by atoms with Crippen LogP contribution < -0.4 is 10.2 Å². The molecule has 0 aromatic heterocycles. The second-order valence-electron chi connectivity index (χ2n) is 5.37. The number of amides is 1. The van der Waals surface area contributed by atoms with Gasteiger partial charge < -0.3 is 4.74 Å². The molecular formula is C18H19ClN2O2. The van der Waals surface area contributed by atoms with Crippen LogP contribution in [0.25, 0.3) is 0 Å². The van der Waals surface area contributed by atoms with E-state index in [1.807, 2.05) is 44.2 Å². The molecule has 0 aliphatic rings. The molecule has 0 radical (unpaired) electrons. The van der Waals surface area contributed by atoms with Gasteiger partial charge in [-0.2, -0.15) is 5.10 Å². The molecule has 2 aromatic carbocycles. The molecule has 1 N–H and O–H groups in total. The van der Waals surface area contributed by atoms with Gasteiger partial charge in [0.1, 0.15) is 5.75 Å². The van der Waals surface area contributed by atoms with Crippen molar-refractivity contribution in [1.29, 1.82) is 0 Å². The number of hydrogen-bond acceptors (Lipinski definition) is 3. The van der Waals surface area contributed by atoms with Gasteiger partial charge in [-0.1, -0.05) is 29.8 Å². The molecule has 120 valence electrons. The zero-order chi connectivity index (χ0) is 16.8. The van der Waals surface area contributed by atoms with Crippen molar-refractivity contribution in [1.82, 2.24) is 5.43 Å². The van der Waals surface area contributed by atoms with Crippen molar-refractivity contribution in [3.05, 3.63) is 64.2 Å². The number of carbonyl (C=O) groups is 1. The standard InChI is InChI=1S/C18H19ClN2O2/c1-12-8-13(2)10-17(9-12)23-14(3)18(22)21-20-11-15-4-6-16(19)7-5-15/h4-11,14H,1-3H3,(H,21,22)/b20-11+/t14-/m0/s1. The van der Waals surface area contributed by atoms with Crippen molar-refractivity contribution in [2.24, 2.45) is 5.10 Å². The smallest absolute Gasteiger partial charge is 0.280 e. The highest BCUT2D eigenvalue weighted by molar-refractivity contribution is 6.30. The summed E-state index contributed by atoms with van der Waals surface area (Å²) in [5.41, 5.74) is 5.49. The molecule has 5 heteroatoms. The normalized spacial score (nSPS) is 12.2. The van der Waals surface area contributed by atoms with Crippen LogP contribution in [0.1, 0.15) is 23.6 Å². The number of halogens is 1. The van der Waals surface area contributed by atoms with Gasteiger partial charge in [-0.25, -0.2) is 5.43 Å². The predicted octanol–water partition coefficient (Wildman–Crippen LogP) is 3.87. The van der Waals surface area contributed by atoms with Gasteiger partial charge in [-0.15, -0.1) is 0 Å². The number of carbonyl (C=O) groups excluding carboxylic acids is 1. The fourth-order valence-electron chi connectivity index (χ4n) is 2.07. The molecule has 0 fully saturated rings. The number of hydrazone groups is 1. The summed E-state index contributed by atoms with van der Waals surface area (Å²) in [6.45, 7) is 5.66. The lowest BCUT2D eigenvalue weighted by atomic mass is 10.1. The van der Waals surface area contributed by atoms with Crippen molar-refractivity contribution in [3.8, 4) is 5.75 Å². The van der Waals surface area contributed by atoms with Crippen LogP contribution >= 0.6 is 11.6 Å². The number of nitrogens with zero attached hydrogens (tertiary/aromatic N) is 1. The Hall–Kier alpha value is -2.33. The molecule has 4 nitrogen and oxygen atoms in total. The summed E-state index contributed by atoms with van der Waals surface area (Å²) in [7, 11) is 0. The van der Waals surface area contributed by atoms with Gasteiger partial charge in [0, 0.05) is 5.02 Å². The summed E-state index contributed by atoms with van der Waals surface area (Å²) in [5, 5.41) is 4.58. The fourth-order valence-corrected chi connectivity index (χ4v) is 2.19. The van der Waals surface area contributed by atoms with Crippen molar-refractivity contribution >= 4 is 23.7 Å². The fraction of sp³-hybridized carbons (Fsp3) is 0.222. The van der Waals surface area contributed by atoms with E-state index in [4.69, 9.17) is 16.3 Å². The first kappa shape index (κ1) is 17.0. The minimum Gasteiger partial charge on any atom is -0.481 e. The van der Waals surface area contributed by atoms with E-state index in [1.54, 1.807) is 25.3 Å². The number of nitrogens with one attached hydrogen (secondary N) is 1. The minimum absolute atomic E-state index is 0.311. The van der Waals surface area contributed by atoms with Gasteiger partial charge in [0.05, 0.1) is 6.21 Å². The molecule has 0 saturated heterocycles. The topological polar surface area (TPSA) is 50.7 Å². The Morgan fingerprint density at radius 3 is 2.39 bits per heavy atom. The predicted molar refractivity (Wildman–Crippen MR) is 93.2 cm³/mol. The molecule has 2 aromatic rings. The van der Waals surface area contributed by atoms with Crippen LogP contribution in [0.15, 0.2) is 47.6 Å². The monoisotopic (exact) mass is 330 g/mol. The molecule has 1 atom stereocenters. The SMILES string of the molecule is Cc1cc(C)cc(O[C@@H](C)C(=O)N/N=C/c2ccc(Cl)cc2)c1. The molecular weight excluding hydrogens is 312 g/mol. The van der Waals surface area contributed by atoms with E-state index in [2.05, 4.69) is 10.5 Å². The molecule has 0 heterocycles. The van der Waals surface area contributed by atoms with Gasteiger partial charge in [0.15, 0.2) is 6.10 Å². The van der Waals surface area contributed by atoms with E-state index in [-0.39, 0.29) is 5.91 Å². The summed E-state index contributed by atoms with van der Waals surface area (Å²) in [4.78, 5) is 12.0.